The molecule has 156 valence electrons. The third-order valence-electron chi connectivity index (χ3n) is 6.57. The molecule has 2 aromatic rings. The highest BCUT2D eigenvalue weighted by atomic mass is 16.2. The number of anilines is 1. The summed E-state index contributed by atoms with van der Waals surface area (Å²) in [6.45, 7) is 4.42. The third-order valence-corrected chi connectivity index (χ3v) is 6.57. The van der Waals surface area contributed by atoms with E-state index in [0.717, 1.165) is 23.4 Å². The molecule has 0 saturated carbocycles. The Bertz CT molecular complexity index is 1050. The van der Waals surface area contributed by atoms with Gasteiger partial charge in [-0.15, -0.1) is 0 Å². The molecule has 3 amide bonds. The van der Waals surface area contributed by atoms with E-state index < -0.39 is 0 Å². The average molecular weight is 406 g/mol. The van der Waals surface area contributed by atoms with E-state index in [-0.39, 0.29) is 35.4 Å². The monoisotopic (exact) mass is 406 g/mol. The number of fused-ring (bicyclic) bond motifs is 4. The Morgan fingerprint density at radius 2 is 1.80 bits per heavy atom. The normalized spacial score (nSPS) is 25.2. The number of carbonyl (C=O) groups is 2. The van der Waals surface area contributed by atoms with Crippen molar-refractivity contribution in [1.29, 1.82) is 0 Å². The fourth-order valence-corrected chi connectivity index (χ4v) is 5.11. The maximum absolute atomic E-state index is 13.0. The van der Waals surface area contributed by atoms with Gasteiger partial charge in [-0.1, -0.05) is 23.8 Å². The molecular weight excluding hydrogens is 380 g/mol. The van der Waals surface area contributed by atoms with Crippen LogP contribution in [0, 0.1) is 12.8 Å². The van der Waals surface area contributed by atoms with E-state index >= 15 is 0 Å². The van der Waals surface area contributed by atoms with E-state index in [1.54, 1.807) is 17.0 Å². The van der Waals surface area contributed by atoms with E-state index in [9.17, 15) is 14.4 Å². The third kappa shape index (κ3) is 3.38. The van der Waals surface area contributed by atoms with Gasteiger partial charge in [0.25, 0.3) is 5.56 Å². The largest absolute Gasteiger partial charge is 0.333 e. The van der Waals surface area contributed by atoms with Crippen molar-refractivity contribution in [3.8, 4) is 0 Å². The molecule has 0 spiro atoms. The standard InChI is InChI=1S/C23H26N4O3/c1-15-5-7-19(8-6-15)26-14-18(10-22(26)29)24-23(30)25-11-16-9-17(13-25)20-3-2-4-21(28)27(20)12-16/h2-8,16-18H,9-14H2,1H3,(H,24,30). The van der Waals surface area contributed by atoms with Gasteiger partial charge >= 0.3 is 6.03 Å². The molecule has 2 bridgehead atoms. The lowest BCUT2D eigenvalue weighted by Gasteiger charge is -2.42. The topological polar surface area (TPSA) is 74.7 Å². The van der Waals surface area contributed by atoms with Crippen molar-refractivity contribution in [3.05, 3.63) is 64.1 Å². The van der Waals surface area contributed by atoms with Crippen molar-refractivity contribution in [2.75, 3.05) is 24.5 Å². The van der Waals surface area contributed by atoms with Crippen molar-refractivity contribution in [1.82, 2.24) is 14.8 Å². The van der Waals surface area contributed by atoms with Crippen LogP contribution in [0.3, 0.4) is 0 Å². The van der Waals surface area contributed by atoms with Crippen molar-refractivity contribution in [2.45, 2.75) is 38.3 Å². The number of rotatable bonds is 2. The maximum Gasteiger partial charge on any atom is 0.317 e. The Kier molecular flexibility index (Phi) is 4.60. The smallest absolute Gasteiger partial charge is 0.317 e. The number of nitrogens with zero attached hydrogens (tertiary/aromatic N) is 3. The summed E-state index contributed by atoms with van der Waals surface area (Å²) in [6.07, 6.45) is 1.33. The molecule has 30 heavy (non-hydrogen) atoms. The van der Waals surface area contributed by atoms with Crippen LogP contribution in [0.4, 0.5) is 10.5 Å². The molecule has 0 radical (unpaired) electrons. The van der Waals surface area contributed by atoms with Gasteiger partial charge in [0, 0.05) is 56.0 Å². The highest BCUT2D eigenvalue weighted by molar-refractivity contribution is 5.96. The quantitative estimate of drug-likeness (QED) is 0.830. The van der Waals surface area contributed by atoms with E-state index in [4.69, 9.17) is 0 Å². The Morgan fingerprint density at radius 3 is 2.60 bits per heavy atom. The first-order valence-corrected chi connectivity index (χ1v) is 10.6. The highest BCUT2D eigenvalue weighted by Crippen LogP contribution is 2.35. The summed E-state index contributed by atoms with van der Waals surface area (Å²) in [4.78, 5) is 41.2. The number of amides is 3. The van der Waals surface area contributed by atoms with E-state index in [2.05, 4.69) is 5.32 Å². The predicted molar refractivity (Wildman–Crippen MR) is 114 cm³/mol. The van der Waals surface area contributed by atoms with Crippen LogP contribution in [-0.2, 0) is 11.3 Å². The Hall–Kier alpha value is -3.09. The molecule has 7 heteroatoms. The van der Waals surface area contributed by atoms with Gasteiger partial charge in [-0.2, -0.15) is 0 Å². The van der Waals surface area contributed by atoms with Crippen LogP contribution in [0.1, 0.15) is 30.0 Å². The van der Waals surface area contributed by atoms with Crippen molar-refractivity contribution < 1.29 is 9.59 Å². The second-order valence-corrected chi connectivity index (χ2v) is 8.79. The zero-order valence-electron chi connectivity index (χ0n) is 17.1. The molecular formula is C23H26N4O3. The van der Waals surface area contributed by atoms with Crippen LogP contribution >= 0.6 is 0 Å². The predicted octanol–water partition coefficient (Wildman–Crippen LogP) is 2.09. The summed E-state index contributed by atoms with van der Waals surface area (Å²) in [5, 5.41) is 3.07. The number of hydrogen-bond acceptors (Lipinski definition) is 3. The summed E-state index contributed by atoms with van der Waals surface area (Å²) in [6, 6.07) is 13.0. The van der Waals surface area contributed by atoms with Gasteiger partial charge in [0.15, 0.2) is 0 Å². The molecule has 2 saturated heterocycles. The van der Waals surface area contributed by atoms with Gasteiger partial charge in [-0.3, -0.25) is 9.59 Å². The van der Waals surface area contributed by atoms with Crippen LogP contribution in [0.15, 0.2) is 47.3 Å². The Balaban J connectivity index is 1.25. The minimum Gasteiger partial charge on any atom is -0.333 e. The lowest BCUT2D eigenvalue weighted by Crippen LogP contribution is -2.53. The number of hydrogen-bond donors (Lipinski definition) is 1. The molecule has 1 aromatic heterocycles. The maximum atomic E-state index is 13.0. The van der Waals surface area contributed by atoms with Crippen LogP contribution < -0.4 is 15.8 Å². The summed E-state index contributed by atoms with van der Waals surface area (Å²) >= 11 is 0. The molecule has 1 aromatic carbocycles. The van der Waals surface area contributed by atoms with Crippen LogP contribution in [0.25, 0.3) is 0 Å². The average Bonchev–Trinajstić information content (AvgIpc) is 3.09. The SMILES string of the molecule is Cc1ccc(N2CC(NC(=O)N3CC4CC(C3)c3cccc(=O)n3C4)CC2=O)cc1. The number of benzene rings is 1. The highest BCUT2D eigenvalue weighted by Gasteiger charge is 2.38. The number of urea groups is 1. The summed E-state index contributed by atoms with van der Waals surface area (Å²) < 4.78 is 1.86. The van der Waals surface area contributed by atoms with Gasteiger partial charge in [0.05, 0.1) is 6.04 Å². The molecule has 3 atom stereocenters. The zero-order chi connectivity index (χ0) is 20.8. The van der Waals surface area contributed by atoms with E-state index in [1.807, 2.05) is 46.7 Å². The number of aromatic nitrogens is 1. The number of nitrogens with one attached hydrogen (secondary N) is 1. The number of carbonyl (C=O) groups excluding carboxylic acids is 2. The minimum atomic E-state index is -0.192. The second kappa shape index (κ2) is 7.31. The van der Waals surface area contributed by atoms with Crippen LogP contribution in [-0.4, -0.2) is 47.1 Å². The van der Waals surface area contributed by atoms with Gasteiger partial charge in [0.1, 0.15) is 0 Å². The van der Waals surface area contributed by atoms with E-state index in [0.29, 0.717) is 32.6 Å². The zero-order valence-corrected chi connectivity index (χ0v) is 17.1. The van der Waals surface area contributed by atoms with Gasteiger partial charge in [-0.25, -0.2) is 4.79 Å². The number of piperidine rings is 1. The number of pyridine rings is 1. The van der Waals surface area contributed by atoms with Gasteiger partial charge in [0.2, 0.25) is 5.91 Å². The van der Waals surface area contributed by atoms with Gasteiger partial charge < -0.3 is 19.7 Å². The molecule has 3 aliphatic rings. The molecule has 5 rings (SSSR count). The van der Waals surface area contributed by atoms with Crippen molar-refractivity contribution in [3.63, 3.8) is 0 Å². The molecule has 7 nitrogen and oxygen atoms in total. The first-order valence-electron chi connectivity index (χ1n) is 10.6. The second-order valence-electron chi connectivity index (χ2n) is 8.79. The Morgan fingerprint density at radius 1 is 1.00 bits per heavy atom. The Labute approximate surface area is 175 Å². The molecule has 2 fully saturated rings. The van der Waals surface area contributed by atoms with Gasteiger partial charge in [-0.05, 0) is 37.5 Å². The van der Waals surface area contributed by atoms with Crippen LogP contribution in [0.2, 0.25) is 0 Å². The lowest BCUT2D eigenvalue weighted by atomic mass is 9.83. The van der Waals surface area contributed by atoms with E-state index in [1.165, 1.54) is 0 Å². The van der Waals surface area contributed by atoms with Crippen LogP contribution in [0.5, 0.6) is 0 Å². The molecule has 0 aliphatic carbocycles. The van der Waals surface area contributed by atoms with Crippen molar-refractivity contribution >= 4 is 17.6 Å². The first-order chi connectivity index (χ1) is 14.5. The molecule has 4 heterocycles. The molecule has 3 unspecified atom stereocenters. The first kappa shape index (κ1) is 18.9. The molecule has 1 N–H and O–H groups in total. The summed E-state index contributed by atoms with van der Waals surface area (Å²) in [7, 11) is 0. The van der Waals surface area contributed by atoms with Crippen molar-refractivity contribution in [2.24, 2.45) is 5.92 Å². The minimum absolute atomic E-state index is 0.0352. The lowest BCUT2D eigenvalue weighted by molar-refractivity contribution is -0.117. The molecule has 3 aliphatic heterocycles. The fraction of sp³-hybridized carbons (Fsp3) is 0.435. The fourth-order valence-electron chi connectivity index (χ4n) is 5.11. The number of likely N-dealkylation sites (tertiary alicyclic amines) is 1. The summed E-state index contributed by atoms with van der Waals surface area (Å²) in [5.41, 5.74) is 3.09. The number of aryl methyl sites for hydroxylation is 1. The summed E-state index contributed by atoms with van der Waals surface area (Å²) in [5.74, 6) is 0.510.